The number of carbonyl (C=O) groups is 6. The molecule has 4 saturated heterocycles. The van der Waals surface area contributed by atoms with Crippen molar-refractivity contribution in [3.8, 4) is 0 Å². The lowest BCUT2D eigenvalue weighted by atomic mass is 9.88. The van der Waals surface area contributed by atoms with Crippen molar-refractivity contribution in [1.29, 1.82) is 0 Å². The molecule has 0 unspecified atom stereocenters. The molecular weight excluding hydrogens is 944 g/mol. The average Bonchev–Trinajstić information content (AvgIpc) is 3.27. The number of amides is 4. The first-order valence-corrected chi connectivity index (χ1v) is 21.3. The van der Waals surface area contributed by atoms with Gasteiger partial charge in [0.25, 0.3) is 11.6 Å². The summed E-state index contributed by atoms with van der Waals surface area (Å²) in [6.07, 6.45) is -38.0. The Bertz CT molecular complexity index is 1800. The fourth-order valence-electron chi connectivity index (χ4n) is 8.30. The number of hydrogen-bond donors (Lipinski definition) is 18. The molecule has 31 nitrogen and oxygen atoms in total. The highest BCUT2D eigenvalue weighted by Gasteiger charge is 2.61. The summed E-state index contributed by atoms with van der Waals surface area (Å²) in [5, 5.41) is 160. The summed E-state index contributed by atoms with van der Waals surface area (Å²) >= 11 is 0. The summed E-state index contributed by atoms with van der Waals surface area (Å²) in [4.78, 5) is 73.7. The molecular formula is C38H62N4O27. The van der Waals surface area contributed by atoms with Crippen molar-refractivity contribution in [3.63, 3.8) is 0 Å². The molecule has 4 heterocycles. The smallest absolute Gasteiger partial charge is 0.364 e. The largest absolute Gasteiger partial charge is 0.477 e. The maximum absolute atomic E-state index is 13.1. The Labute approximate surface area is 390 Å². The third-order valence-corrected chi connectivity index (χ3v) is 11.7. The predicted molar refractivity (Wildman–Crippen MR) is 215 cm³/mol. The van der Waals surface area contributed by atoms with Crippen LogP contribution in [0.25, 0.3) is 0 Å². The molecule has 4 aliphatic heterocycles. The Morgan fingerprint density at radius 3 is 1.58 bits per heavy atom. The summed E-state index contributed by atoms with van der Waals surface area (Å²) in [5.41, 5.74) is 0. The van der Waals surface area contributed by atoms with Crippen LogP contribution in [0, 0.1) is 0 Å². The van der Waals surface area contributed by atoms with Crippen molar-refractivity contribution in [1.82, 2.24) is 21.3 Å². The summed E-state index contributed by atoms with van der Waals surface area (Å²) in [6, 6.07) is -5.09. The normalized spacial score (nSPS) is 40.0. The van der Waals surface area contributed by atoms with Gasteiger partial charge in [-0.25, -0.2) is 9.59 Å². The van der Waals surface area contributed by atoms with E-state index in [-0.39, 0.29) is 0 Å². The van der Waals surface area contributed by atoms with Crippen LogP contribution in [0.15, 0.2) is 0 Å². The van der Waals surface area contributed by atoms with Crippen molar-refractivity contribution in [3.05, 3.63) is 0 Å². The molecule has 0 aromatic heterocycles. The molecule has 0 saturated carbocycles. The number of rotatable bonds is 20. The standard InChI is InChI=1S/C38H62N4O27/c1-11(45)39-7-17(51)24(53)30-22(41-13(3)47)16(50)6-38(68-30,36(61)62)69-32-26(55)19(9-44)65-34(28(32)57)66-29-23(42-14(4)48)33(58)64-20(27(29)56)10-63-37(35(59)60)5-15(49)21(40-12(2)46)31(67-37)25(54)18(52)8-43/h15-34,43-44,49-58H,5-10H2,1-4H3,(H,39,45)(H,40,46)(H,41,47)(H,42,48)(H,59,60)(H,61,62)/t15-,16-,17+,18+,19+,20+,21+,22+,23+,24+,25+,26-,27-,28+,29+,30+,31+,32-,33+,34-,37+,38-/m0/s1. The fraction of sp³-hybridized carbons (Fsp3) is 0.842. The summed E-state index contributed by atoms with van der Waals surface area (Å²) in [7, 11) is 0. The van der Waals surface area contributed by atoms with Crippen LogP contribution in [0.5, 0.6) is 0 Å². The van der Waals surface area contributed by atoms with Gasteiger partial charge in [-0.2, -0.15) is 0 Å². The van der Waals surface area contributed by atoms with E-state index < -0.39 is 209 Å². The van der Waals surface area contributed by atoms with Gasteiger partial charge in [0.1, 0.15) is 79.3 Å². The minimum atomic E-state index is -3.21. The number of hydrogen-bond acceptors (Lipinski definition) is 25. The molecule has 31 heteroatoms. The van der Waals surface area contributed by atoms with E-state index in [4.69, 9.17) is 33.2 Å². The Balaban J connectivity index is 1.67. The highest BCUT2D eigenvalue weighted by Crippen LogP contribution is 2.39. The number of nitrogens with one attached hydrogen (secondary N) is 4. The van der Waals surface area contributed by atoms with Gasteiger partial charge in [0.05, 0.1) is 50.2 Å². The van der Waals surface area contributed by atoms with Crippen LogP contribution in [0.1, 0.15) is 40.5 Å². The summed E-state index contributed by atoms with van der Waals surface area (Å²) in [5.74, 6) is -13.4. The Kier molecular flexibility index (Phi) is 20.0. The third kappa shape index (κ3) is 13.3. The van der Waals surface area contributed by atoms with Crippen LogP contribution >= 0.6 is 0 Å². The quantitative estimate of drug-likeness (QED) is 0.0538. The van der Waals surface area contributed by atoms with Crippen molar-refractivity contribution in [2.45, 2.75) is 174 Å². The van der Waals surface area contributed by atoms with Crippen molar-refractivity contribution in [2.24, 2.45) is 0 Å². The summed E-state index contributed by atoms with van der Waals surface area (Å²) < 4.78 is 39.3. The second kappa shape index (κ2) is 24.0. The van der Waals surface area contributed by atoms with Crippen molar-refractivity contribution < 1.29 is 133 Å². The second-order valence-electron chi connectivity index (χ2n) is 17.0. The molecule has 4 fully saturated rings. The van der Waals surface area contributed by atoms with Gasteiger partial charge in [0.15, 0.2) is 12.6 Å². The zero-order valence-electron chi connectivity index (χ0n) is 37.4. The fourth-order valence-corrected chi connectivity index (χ4v) is 8.30. The van der Waals surface area contributed by atoms with E-state index in [0.29, 0.717) is 0 Å². The molecule has 22 atom stereocenters. The minimum Gasteiger partial charge on any atom is -0.477 e. The van der Waals surface area contributed by atoms with E-state index in [2.05, 4.69) is 21.3 Å². The van der Waals surface area contributed by atoms with Gasteiger partial charge >= 0.3 is 11.9 Å². The van der Waals surface area contributed by atoms with Crippen LogP contribution in [0.3, 0.4) is 0 Å². The van der Waals surface area contributed by atoms with E-state index >= 15 is 0 Å². The number of aliphatic carboxylic acids is 2. The SMILES string of the molecule is CC(=O)NC[C@@H](O)[C@@H](O)[C@@H]1O[C@@](O[C@H]2[C@@H](O)[C@@H](CO)O[C@@H](O[C@H]3[C@@H](O)[C@@H](CO[C@]4(C(=O)O)C[C@H](O)[C@@H](NC(C)=O)[C@H]([C@H](O)[C@H](O)CO)O4)O[C@@H](O)[C@@H]3NC(C)=O)[C@@H]2O)(C(=O)O)C[C@H](O)[C@H]1NC(C)=O. The zero-order chi connectivity index (χ0) is 52.0. The molecule has 396 valence electrons. The van der Waals surface area contributed by atoms with E-state index in [0.717, 1.165) is 27.7 Å². The molecule has 0 aromatic rings. The highest BCUT2D eigenvalue weighted by atomic mass is 16.8. The van der Waals surface area contributed by atoms with Crippen LogP contribution in [0.2, 0.25) is 0 Å². The molecule has 69 heavy (non-hydrogen) atoms. The predicted octanol–water partition coefficient (Wildman–Crippen LogP) is -10.8. The van der Waals surface area contributed by atoms with Crippen LogP contribution in [-0.4, -0.2) is 267 Å². The molecule has 0 radical (unpaired) electrons. The van der Waals surface area contributed by atoms with Crippen LogP contribution < -0.4 is 21.3 Å². The monoisotopic (exact) mass is 1010 g/mol. The third-order valence-electron chi connectivity index (χ3n) is 11.7. The molecule has 0 bridgehead atoms. The molecule has 4 aliphatic rings. The number of carboxylic acid groups (broad SMARTS) is 2. The molecule has 4 amide bonds. The van der Waals surface area contributed by atoms with Gasteiger partial charge in [0.2, 0.25) is 23.6 Å². The van der Waals surface area contributed by atoms with E-state index in [1.54, 1.807) is 0 Å². The lowest BCUT2D eigenvalue weighted by Crippen LogP contribution is -2.71. The summed E-state index contributed by atoms with van der Waals surface area (Å²) in [6.45, 7) is 0.0143. The Hall–Kier alpha value is -3.94. The number of carbonyl (C=O) groups excluding carboxylic acids is 4. The van der Waals surface area contributed by atoms with E-state index in [1.807, 2.05) is 0 Å². The highest BCUT2D eigenvalue weighted by molar-refractivity contribution is 5.77. The van der Waals surface area contributed by atoms with Crippen molar-refractivity contribution >= 4 is 35.6 Å². The first-order chi connectivity index (χ1) is 32.1. The van der Waals surface area contributed by atoms with Gasteiger partial charge in [-0.05, 0) is 0 Å². The number of aliphatic hydroxyl groups excluding tert-OH is 12. The topological polar surface area (TPSA) is 498 Å². The second-order valence-corrected chi connectivity index (χ2v) is 17.0. The van der Waals surface area contributed by atoms with Gasteiger partial charge in [0, 0.05) is 47.1 Å². The number of ether oxygens (including phenoxy) is 7. The molecule has 0 aliphatic carbocycles. The van der Waals surface area contributed by atoms with E-state index in [1.165, 1.54) is 0 Å². The van der Waals surface area contributed by atoms with Crippen LogP contribution in [0.4, 0.5) is 0 Å². The van der Waals surface area contributed by atoms with E-state index in [9.17, 15) is 100 Å². The van der Waals surface area contributed by atoms with Gasteiger partial charge < -0.3 is 126 Å². The zero-order valence-corrected chi connectivity index (χ0v) is 37.4. The first-order valence-electron chi connectivity index (χ1n) is 21.3. The van der Waals surface area contributed by atoms with Crippen molar-refractivity contribution in [2.75, 3.05) is 26.4 Å². The van der Waals surface area contributed by atoms with Crippen LogP contribution in [-0.2, 0) is 61.9 Å². The molecule has 18 N–H and O–H groups in total. The number of carboxylic acids is 2. The Morgan fingerprint density at radius 1 is 0.623 bits per heavy atom. The number of aliphatic hydroxyl groups is 12. The Morgan fingerprint density at radius 2 is 1.10 bits per heavy atom. The van der Waals surface area contributed by atoms with Gasteiger partial charge in [-0.3, -0.25) is 19.2 Å². The maximum atomic E-state index is 13.1. The molecule has 0 aromatic carbocycles. The average molecular weight is 1010 g/mol. The first kappa shape index (κ1) is 57.6. The minimum absolute atomic E-state index is 0.646. The van der Waals surface area contributed by atoms with Gasteiger partial charge in [-0.15, -0.1) is 0 Å². The maximum Gasteiger partial charge on any atom is 0.364 e. The molecule has 0 spiro atoms. The molecule has 4 rings (SSSR count). The lowest BCUT2D eigenvalue weighted by molar-refractivity contribution is -0.381. The lowest BCUT2D eigenvalue weighted by Gasteiger charge is -2.51. The van der Waals surface area contributed by atoms with Gasteiger partial charge in [-0.1, -0.05) is 0 Å².